The summed E-state index contributed by atoms with van der Waals surface area (Å²) in [4.78, 5) is 40.6. The molecule has 0 unspecified atom stereocenters. The molecule has 3 rings (SSSR count). The standard InChI is InChI=1S/C20H25F2N3O4/c1-20(13-8-10-15(11-9-13)29-18(21)22)17(27)25(19(28)23-20)12-16(26)24(2)14-6-4-3-5-7-14/h8-11,14,18H,3-7,12H2,1-2H3,(H,23,28)/t20-/m1/s1. The Bertz CT molecular complexity index is 780. The van der Waals surface area contributed by atoms with Gasteiger partial charge in [0.2, 0.25) is 5.91 Å². The van der Waals surface area contributed by atoms with E-state index in [0.29, 0.717) is 5.56 Å². The number of hydrogen-bond acceptors (Lipinski definition) is 4. The van der Waals surface area contributed by atoms with Gasteiger partial charge in [0.05, 0.1) is 0 Å². The van der Waals surface area contributed by atoms with Gasteiger partial charge in [-0.2, -0.15) is 8.78 Å². The smallest absolute Gasteiger partial charge is 0.387 e. The van der Waals surface area contributed by atoms with Crippen LogP contribution in [0.3, 0.4) is 0 Å². The van der Waals surface area contributed by atoms with E-state index in [9.17, 15) is 23.2 Å². The lowest BCUT2D eigenvalue weighted by Gasteiger charge is -2.32. The summed E-state index contributed by atoms with van der Waals surface area (Å²) >= 11 is 0. The van der Waals surface area contributed by atoms with Crippen molar-refractivity contribution in [3.63, 3.8) is 0 Å². The fraction of sp³-hybridized carbons (Fsp3) is 0.550. The lowest BCUT2D eigenvalue weighted by Crippen LogP contribution is -2.46. The minimum absolute atomic E-state index is 0.0507. The van der Waals surface area contributed by atoms with Gasteiger partial charge in [-0.3, -0.25) is 14.5 Å². The Hall–Kier alpha value is -2.71. The number of urea groups is 1. The first-order valence-corrected chi connectivity index (χ1v) is 9.67. The van der Waals surface area contributed by atoms with Gasteiger partial charge in [-0.25, -0.2) is 4.79 Å². The molecule has 0 aromatic heterocycles. The number of ether oxygens (including phenoxy) is 1. The average molecular weight is 409 g/mol. The lowest BCUT2D eigenvalue weighted by atomic mass is 9.92. The molecule has 0 spiro atoms. The molecular formula is C20H25F2N3O4. The number of alkyl halides is 2. The minimum atomic E-state index is -2.95. The number of carbonyl (C=O) groups excluding carboxylic acids is 3. The molecule has 2 fully saturated rings. The van der Waals surface area contributed by atoms with Gasteiger partial charge in [-0.05, 0) is 37.5 Å². The molecule has 1 aliphatic carbocycles. The molecule has 4 amide bonds. The summed E-state index contributed by atoms with van der Waals surface area (Å²) in [5, 5.41) is 2.61. The van der Waals surface area contributed by atoms with Gasteiger partial charge in [0.1, 0.15) is 17.8 Å². The van der Waals surface area contributed by atoms with Gasteiger partial charge < -0.3 is 15.0 Å². The van der Waals surface area contributed by atoms with Crippen molar-refractivity contribution in [3.8, 4) is 5.75 Å². The summed E-state index contributed by atoms with van der Waals surface area (Å²) in [5.74, 6) is -0.897. The van der Waals surface area contributed by atoms with Crippen molar-refractivity contribution in [2.24, 2.45) is 0 Å². The zero-order valence-corrected chi connectivity index (χ0v) is 16.5. The number of likely N-dealkylation sites (N-methyl/N-ethyl adjacent to an activating group) is 1. The van der Waals surface area contributed by atoms with Crippen LogP contribution in [-0.4, -0.2) is 53.9 Å². The first-order chi connectivity index (χ1) is 13.7. The van der Waals surface area contributed by atoms with Crippen LogP contribution in [-0.2, 0) is 15.1 Å². The average Bonchev–Trinajstić information content (AvgIpc) is 2.92. The molecule has 29 heavy (non-hydrogen) atoms. The lowest BCUT2D eigenvalue weighted by molar-refractivity contribution is -0.139. The van der Waals surface area contributed by atoms with Crippen molar-refractivity contribution < 1.29 is 27.9 Å². The molecule has 1 heterocycles. The van der Waals surface area contributed by atoms with Crippen molar-refractivity contribution >= 4 is 17.8 Å². The van der Waals surface area contributed by atoms with Crippen LogP contribution < -0.4 is 10.1 Å². The third kappa shape index (κ3) is 4.33. The number of halogens is 2. The number of nitrogens with one attached hydrogen (secondary N) is 1. The molecule has 158 valence electrons. The van der Waals surface area contributed by atoms with Crippen LogP contribution in [0.2, 0.25) is 0 Å². The quantitative estimate of drug-likeness (QED) is 0.733. The number of carbonyl (C=O) groups is 3. The number of benzene rings is 1. The molecule has 1 aromatic carbocycles. The monoisotopic (exact) mass is 409 g/mol. The highest BCUT2D eigenvalue weighted by Crippen LogP contribution is 2.30. The highest BCUT2D eigenvalue weighted by molar-refractivity contribution is 6.09. The summed E-state index contributed by atoms with van der Waals surface area (Å²) in [6.45, 7) is -1.77. The SMILES string of the molecule is CN(C(=O)CN1C(=O)N[C@](C)(c2ccc(OC(F)F)cc2)C1=O)C1CCCCC1. The number of amides is 4. The molecule has 1 saturated carbocycles. The van der Waals surface area contributed by atoms with Crippen LogP contribution in [0.25, 0.3) is 0 Å². The van der Waals surface area contributed by atoms with E-state index in [4.69, 9.17) is 0 Å². The maximum atomic E-state index is 13.0. The first-order valence-electron chi connectivity index (χ1n) is 9.67. The molecule has 1 aliphatic heterocycles. The van der Waals surface area contributed by atoms with Crippen LogP contribution in [0.4, 0.5) is 13.6 Å². The molecule has 1 saturated heterocycles. The number of nitrogens with zero attached hydrogens (tertiary/aromatic N) is 2. The second-order valence-electron chi connectivity index (χ2n) is 7.65. The van der Waals surface area contributed by atoms with E-state index in [0.717, 1.165) is 37.0 Å². The third-order valence-corrected chi connectivity index (χ3v) is 5.74. The summed E-state index contributed by atoms with van der Waals surface area (Å²) in [6, 6.07) is 4.96. The van der Waals surface area contributed by atoms with E-state index < -0.39 is 24.1 Å². The van der Waals surface area contributed by atoms with E-state index in [1.807, 2.05) is 0 Å². The Balaban J connectivity index is 1.70. The van der Waals surface area contributed by atoms with Crippen LogP contribution in [0.5, 0.6) is 5.75 Å². The van der Waals surface area contributed by atoms with Crippen LogP contribution in [0.1, 0.15) is 44.6 Å². The largest absolute Gasteiger partial charge is 0.435 e. The van der Waals surface area contributed by atoms with Crippen LogP contribution >= 0.6 is 0 Å². The van der Waals surface area contributed by atoms with E-state index >= 15 is 0 Å². The minimum Gasteiger partial charge on any atom is -0.435 e. The predicted octanol–water partition coefficient (Wildman–Crippen LogP) is 2.85. The fourth-order valence-corrected chi connectivity index (χ4v) is 3.92. The molecule has 0 radical (unpaired) electrons. The van der Waals surface area contributed by atoms with Crippen LogP contribution in [0.15, 0.2) is 24.3 Å². The van der Waals surface area contributed by atoms with Gasteiger partial charge in [-0.15, -0.1) is 0 Å². The molecule has 7 nitrogen and oxygen atoms in total. The van der Waals surface area contributed by atoms with Crippen molar-refractivity contribution in [3.05, 3.63) is 29.8 Å². The van der Waals surface area contributed by atoms with E-state index in [1.165, 1.54) is 31.2 Å². The van der Waals surface area contributed by atoms with E-state index in [2.05, 4.69) is 10.1 Å². The van der Waals surface area contributed by atoms with Gasteiger partial charge in [0.15, 0.2) is 0 Å². The molecule has 1 N–H and O–H groups in total. The molecular weight excluding hydrogens is 384 g/mol. The Kier molecular flexibility index (Phi) is 6.04. The maximum Gasteiger partial charge on any atom is 0.387 e. The van der Waals surface area contributed by atoms with Crippen molar-refractivity contribution in [2.45, 2.75) is 57.2 Å². The number of imide groups is 1. The fourth-order valence-electron chi connectivity index (χ4n) is 3.92. The molecule has 1 atom stereocenters. The second-order valence-corrected chi connectivity index (χ2v) is 7.65. The molecule has 2 aliphatic rings. The van der Waals surface area contributed by atoms with Crippen molar-refractivity contribution in [1.82, 2.24) is 15.1 Å². The Labute approximate surface area is 168 Å². The normalized spacial score (nSPS) is 22.7. The first kappa shape index (κ1) is 21.0. The number of rotatable bonds is 6. The van der Waals surface area contributed by atoms with Gasteiger partial charge in [0.25, 0.3) is 5.91 Å². The number of hydrogen-bond donors (Lipinski definition) is 1. The maximum absolute atomic E-state index is 13.0. The summed E-state index contributed by atoms with van der Waals surface area (Å²) in [6.07, 6.45) is 5.13. The second kappa shape index (κ2) is 8.34. The zero-order valence-electron chi connectivity index (χ0n) is 16.5. The van der Waals surface area contributed by atoms with E-state index in [1.54, 1.807) is 11.9 Å². The highest BCUT2D eigenvalue weighted by atomic mass is 19.3. The topological polar surface area (TPSA) is 79.0 Å². The highest BCUT2D eigenvalue weighted by Gasteiger charge is 2.49. The summed E-state index contributed by atoms with van der Waals surface area (Å²) in [7, 11) is 1.71. The predicted molar refractivity (Wildman–Crippen MR) is 100 cm³/mol. The zero-order chi connectivity index (χ0) is 21.2. The molecule has 1 aromatic rings. The van der Waals surface area contributed by atoms with Gasteiger partial charge in [-0.1, -0.05) is 31.4 Å². The van der Waals surface area contributed by atoms with E-state index in [-0.39, 0.29) is 24.2 Å². The Morgan fingerprint density at radius 1 is 1.24 bits per heavy atom. The molecule has 9 heteroatoms. The van der Waals surface area contributed by atoms with Crippen LogP contribution in [0, 0.1) is 0 Å². The third-order valence-electron chi connectivity index (χ3n) is 5.74. The Morgan fingerprint density at radius 2 is 1.86 bits per heavy atom. The summed E-state index contributed by atoms with van der Waals surface area (Å²) in [5.41, 5.74) is -0.975. The van der Waals surface area contributed by atoms with Gasteiger partial charge in [0, 0.05) is 13.1 Å². The summed E-state index contributed by atoms with van der Waals surface area (Å²) < 4.78 is 28.9. The van der Waals surface area contributed by atoms with Crippen molar-refractivity contribution in [2.75, 3.05) is 13.6 Å². The van der Waals surface area contributed by atoms with Crippen molar-refractivity contribution in [1.29, 1.82) is 0 Å². The Morgan fingerprint density at radius 3 is 2.45 bits per heavy atom. The molecule has 0 bridgehead atoms. The van der Waals surface area contributed by atoms with Gasteiger partial charge >= 0.3 is 12.6 Å².